The quantitative estimate of drug-likeness (QED) is 0.449. The van der Waals surface area contributed by atoms with Crippen LogP contribution in [0.5, 0.6) is 5.75 Å². The van der Waals surface area contributed by atoms with Gasteiger partial charge < -0.3 is 15.9 Å². The standard InChI is InChI=1S/C9H10NO3.3C3H9P.Ir/c10-8(9(12)13)5-6-1-3-7(11)4-2-6;3*1-4(2)3;/h1-4,8,10-11H,5H2,(H,12,13);3*1-3H3;/q-1;;;;. The molecule has 0 aliphatic carbocycles. The minimum Gasteiger partial charge on any atom is -0.665 e. The average molecular weight is 601 g/mol. The molecule has 157 valence electrons. The first kappa shape index (κ1) is 33.9. The third-order valence-electron chi connectivity index (χ3n) is 1.67. The second kappa shape index (κ2) is 21.7. The van der Waals surface area contributed by atoms with Gasteiger partial charge in [-0.05, 0) is 90.1 Å². The molecule has 0 amide bonds. The maximum Gasteiger partial charge on any atom is 0.285 e. The number of benzene rings is 1. The zero-order valence-corrected chi connectivity index (χ0v) is 22.6. The van der Waals surface area contributed by atoms with Gasteiger partial charge in [0, 0.05) is 20.1 Å². The van der Waals surface area contributed by atoms with E-state index in [0.29, 0.717) is 23.8 Å². The summed E-state index contributed by atoms with van der Waals surface area (Å²) < 4.78 is 0. The van der Waals surface area contributed by atoms with E-state index in [1.165, 1.54) is 12.1 Å². The van der Waals surface area contributed by atoms with Crippen LogP contribution in [0, 0.1) is 0 Å². The van der Waals surface area contributed by atoms with Gasteiger partial charge in [0.05, 0.1) is 0 Å². The molecule has 1 unspecified atom stereocenters. The van der Waals surface area contributed by atoms with Crippen LogP contribution < -0.4 is 0 Å². The number of nitrogens with one attached hydrogen (secondary N) is 1. The van der Waals surface area contributed by atoms with Crippen molar-refractivity contribution in [2.24, 2.45) is 0 Å². The molecule has 1 rings (SSSR count). The van der Waals surface area contributed by atoms with Crippen LogP contribution in [-0.4, -0.2) is 82.2 Å². The van der Waals surface area contributed by atoms with E-state index in [4.69, 9.17) is 15.9 Å². The van der Waals surface area contributed by atoms with E-state index in [-0.39, 0.29) is 32.3 Å². The third kappa shape index (κ3) is 39.5. The van der Waals surface area contributed by atoms with Gasteiger partial charge in [0.2, 0.25) is 0 Å². The van der Waals surface area contributed by atoms with Crippen LogP contribution in [0.3, 0.4) is 0 Å². The molecule has 0 bridgehead atoms. The molecule has 0 aliphatic heterocycles. The smallest absolute Gasteiger partial charge is 0.285 e. The first-order valence-corrected chi connectivity index (χ1v) is 15.9. The van der Waals surface area contributed by atoms with Gasteiger partial charge in [0.1, 0.15) is 5.75 Å². The Labute approximate surface area is 178 Å². The minimum atomic E-state index is -1.13. The van der Waals surface area contributed by atoms with Crippen LogP contribution in [-0.2, 0) is 31.3 Å². The number of phenols is 1. The van der Waals surface area contributed by atoms with E-state index >= 15 is 0 Å². The van der Waals surface area contributed by atoms with Gasteiger partial charge in [-0.25, -0.2) is 0 Å². The van der Waals surface area contributed by atoms with E-state index in [9.17, 15) is 4.79 Å². The number of phenolic OH excluding ortho intramolecular Hbond substituents is 1. The molecule has 8 heteroatoms. The molecule has 0 aromatic heterocycles. The molecular formula is C18H37IrNO3P3-. The van der Waals surface area contributed by atoms with E-state index < -0.39 is 12.0 Å². The zero-order chi connectivity index (χ0) is 20.6. The fourth-order valence-corrected chi connectivity index (χ4v) is 0.955. The van der Waals surface area contributed by atoms with Crippen LogP contribution in [0.25, 0.3) is 5.73 Å². The van der Waals surface area contributed by atoms with Gasteiger partial charge in [-0.2, -0.15) is 0 Å². The minimum absolute atomic E-state index is 0. The number of carboxylic acid groups (broad SMARTS) is 1. The SMILES string of the molecule is CP(C)C.CP(C)C.CP(C)C.[Ir].[NH-]C(Cc1ccc(O)cc1)C(=O)O. The van der Waals surface area contributed by atoms with Crippen molar-refractivity contribution in [1.29, 1.82) is 0 Å². The fraction of sp³-hybridized carbons (Fsp3) is 0.611. The monoisotopic (exact) mass is 601 g/mol. The van der Waals surface area contributed by atoms with Crippen molar-refractivity contribution in [2.75, 3.05) is 60.0 Å². The summed E-state index contributed by atoms with van der Waals surface area (Å²) in [6.45, 7) is 20.1. The summed E-state index contributed by atoms with van der Waals surface area (Å²) in [5, 5.41) is 17.4. The van der Waals surface area contributed by atoms with Crippen molar-refractivity contribution in [1.82, 2.24) is 0 Å². The third-order valence-corrected chi connectivity index (χ3v) is 1.67. The van der Waals surface area contributed by atoms with Crippen molar-refractivity contribution in [3.63, 3.8) is 0 Å². The van der Waals surface area contributed by atoms with Crippen LogP contribution in [0.2, 0.25) is 0 Å². The second-order valence-corrected chi connectivity index (χ2v) is 14.8. The van der Waals surface area contributed by atoms with Crippen molar-refractivity contribution < 1.29 is 35.1 Å². The molecule has 0 saturated heterocycles. The molecule has 3 N–H and O–H groups in total. The van der Waals surface area contributed by atoms with Crippen molar-refractivity contribution in [3.05, 3.63) is 35.6 Å². The van der Waals surface area contributed by atoms with Gasteiger partial charge in [-0.15, -0.1) is 23.8 Å². The summed E-state index contributed by atoms with van der Waals surface area (Å²) in [7, 11) is 1.14. The first-order valence-electron chi connectivity index (χ1n) is 7.84. The van der Waals surface area contributed by atoms with E-state index in [2.05, 4.69) is 60.0 Å². The summed E-state index contributed by atoms with van der Waals surface area (Å²) in [6.07, 6.45) is 0.162. The largest absolute Gasteiger partial charge is 0.665 e. The van der Waals surface area contributed by atoms with Crippen molar-refractivity contribution >= 4 is 29.7 Å². The number of aromatic hydroxyl groups is 1. The maximum atomic E-state index is 10.3. The van der Waals surface area contributed by atoms with Crippen molar-refractivity contribution in [2.45, 2.75) is 12.5 Å². The number of hydrogen-bond donors (Lipinski definition) is 2. The Balaban J connectivity index is -0.000000155. The Bertz CT molecular complexity index is 408. The number of rotatable bonds is 3. The Morgan fingerprint density at radius 2 is 1.15 bits per heavy atom. The van der Waals surface area contributed by atoms with Crippen LogP contribution in [0.4, 0.5) is 0 Å². The first-order chi connectivity index (χ1) is 11.3. The molecule has 0 fully saturated rings. The molecule has 1 radical (unpaired) electrons. The van der Waals surface area contributed by atoms with E-state index in [1.807, 2.05) is 0 Å². The van der Waals surface area contributed by atoms with E-state index in [0.717, 1.165) is 5.56 Å². The van der Waals surface area contributed by atoms with Crippen LogP contribution in [0.15, 0.2) is 24.3 Å². The molecular weight excluding hydrogens is 563 g/mol. The van der Waals surface area contributed by atoms with Gasteiger partial charge >= 0.3 is 0 Å². The number of carbonyl (C=O) groups is 1. The predicted octanol–water partition coefficient (Wildman–Crippen LogP) is 5.51. The topological polar surface area (TPSA) is 81.3 Å². The number of hydrogen-bond acceptors (Lipinski definition) is 2. The van der Waals surface area contributed by atoms with Gasteiger partial charge in [-0.3, -0.25) is 4.79 Å². The normalized spacial score (nSPS) is 10.3. The van der Waals surface area contributed by atoms with E-state index in [1.54, 1.807) is 12.1 Å². The maximum absolute atomic E-state index is 10.3. The molecule has 1 atom stereocenters. The number of aliphatic carboxylic acids is 1. The van der Waals surface area contributed by atoms with Crippen LogP contribution >= 0.6 is 23.8 Å². The Morgan fingerprint density at radius 3 is 1.38 bits per heavy atom. The Kier molecular flexibility index (Phi) is 28.3. The van der Waals surface area contributed by atoms with Gasteiger partial charge in [0.15, 0.2) is 0 Å². The average Bonchev–Trinajstić information content (AvgIpc) is 2.39. The summed E-state index contributed by atoms with van der Waals surface area (Å²) in [4.78, 5) is 10.3. The summed E-state index contributed by atoms with van der Waals surface area (Å²) in [6, 6.07) is 5.04. The molecule has 0 spiro atoms. The van der Waals surface area contributed by atoms with Gasteiger partial charge in [0.25, 0.3) is 5.97 Å². The Morgan fingerprint density at radius 1 is 0.885 bits per heavy atom. The Hall–Kier alpha value is 0.389. The molecule has 0 aliphatic rings. The molecule has 0 saturated carbocycles. The number of carboxylic acids is 1. The summed E-state index contributed by atoms with van der Waals surface area (Å²) >= 11 is 0. The zero-order valence-electron chi connectivity index (χ0n) is 17.6. The second-order valence-electron chi connectivity index (χ2n) is 6.79. The molecule has 0 heterocycles. The van der Waals surface area contributed by atoms with Crippen molar-refractivity contribution in [3.8, 4) is 5.75 Å². The molecule has 1 aromatic rings. The molecule has 4 nitrogen and oxygen atoms in total. The summed E-state index contributed by atoms with van der Waals surface area (Å²) in [5.41, 5.74) is 7.89. The van der Waals surface area contributed by atoms with Crippen LogP contribution in [0.1, 0.15) is 5.56 Å². The summed E-state index contributed by atoms with van der Waals surface area (Å²) in [5.74, 6) is -0.992. The fourth-order valence-electron chi connectivity index (χ4n) is 0.955. The molecule has 26 heavy (non-hydrogen) atoms. The van der Waals surface area contributed by atoms with Gasteiger partial charge in [-0.1, -0.05) is 12.1 Å². The predicted molar refractivity (Wildman–Crippen MR) is 122 cm³/mol. The molecule has 1 aromatic carbocycles.